The first-order chi connectivity index (χ1) is 10.1. The molecule has 21 heavy (non-hydrogen) atoms. The summed E-state index contributed by atoms with van der Waals surface area (Å²) in [5.74, 6) is 0.806. The van der Waals surface area contributed by atoms with Gasteiger partial charge in [-0.15, -0.1) is 0 Å². The summed E-state index contributed by atoms with van der Waals surface area (Å²) in [6.07, 6.45) is -0.478. The molecular formula is C17H19NO3. The zero-order chi connectivity index (χ0) is 15.1. The molecule has 2 aromatic rings. The molecule has 0 aliphatic rings. The van der Waals surface area contributed by atoms with Gasteiger partial charge in [-0.2, -0.15) is 0 Å². The van der Waals surface area contributed by atoms with Gasteiger partial charge < -0.3 is 9.47 Å². The van der Waals surface area contributed by atoms with Crippen molar-refractivity contribution < 1.29 is 14.3 Å². The van der Waals surface area contributed by atoms with Crippen LogP contribution in [-0.2, 0) is 4.74 Å². The normalized spacial score (nSPS) is 10.0. The van der Waals surface area contributed by atoms with Crippen LogP contribution in [0.2, 0.25) is 0 Å². The number of nitrogens with one attached hydrogen (secondary N) is 1. The van der Waals surface area contributed by atoms with Crippen molar-refractivity contribution in [1.82, 2.24) is 0 Å². The summed E-state index contributed by atoms with van der Waals surface area (Å²) in [7, 11) is 0. The molecule has 0 bridgehead atoms. The first-order valence-electron chi connectivity index (χ1n) is 6.84. The van der Waals surface area contributed by atoms with E-state index < -0.39 is 6.09 Å². The largest absolute Gasteiger partial charge is 0.490 e. The van der Waals surface area contributed by atoms with E-state index in [1.165, 1.54) is 0 Å². The molecular weight excluding hydrogens is 266 g/mol. The van der Waals surface area contributed by atoms with Crippen LogP contribution < -0.4 is 10.1 Å². The standard InChI is InChI=1S/C17H19NO3/c1-13-6-5-8-15(12-13)18-17(19)21-11-10-20-16-9-4-3-7-14(16)2/h3-9,12H,10-11H2,1-2H3,(H,18,19). The van der Waals surface area contributed by atoms with E-state index in [1.807, 2.05) is 62.4 Å². The molecule has 0 aliphatic heterocycles. The maximum Gasteiger partial charge on any atom is 0.411 e. The minimum absolute atomic E-state index is 0.200. The predicted octanol–water partition coefficient (Wildman–Crippen LogP) is 3.93. The summed E-state index contributed by atoms with van der Waals surface area (Å²) >= 11 is 0. The van der Waals surface area contributed by atoms with E-state index >= 15 is 0 Å². The quantitative estimate of drug-likeness (QED) is 0.847. The van der Waals surface area contributed by atoms with Crippen molar-refractivity contribution in [2.45, 2.75) is 13.8 Å². The van der Waals surface area contributed by atoms with E-state index in [2.05, 4.69) is 5.32 Å². The molecule has 0 unspecified atom stereocenters. The summed E-state index contributed by atoms with van der Waals surface area (Å²) in [5.41, 5.74) is 2.86. The van der Waals surface area contributed by atoms with Crippen molar-refractivity contribution in [3.63, 3.8) is 0 Å². The number of amides is 1. The average Bonchev–Trinajstić information content (AvgIpc) is 2.45. The molecule has 0 heterocycles. The van der Waals surface area contributed by atoms with Crippen LogP contribution in [-0.4, -0.2) is 19.3 Å². The Kier molecular flexibility index (Phi) is 5.21. The average molecular weight is 285 g/mol. The molecule has 0 radical (unpaired) electrons. The molecule has 2 rings (SSSR count). The Hall–Kier alpha value is -2.49. The summed E-state index contributed by atoms with van der Waals surface area (Å²) < 4.78 is 10.6. The van der Waals surface area contributed by atoms with Gasteiger partial charge in [-0.05, 0) is 43.2 Å². The van der Waals surface area contributed by atoms with E-state index in [4.69, 9.17) is 9.47 Å². The lowest BCUT2D eigenvalue weighted by Gasteiger charge is -2.10. The van der Waals surface area contributed by atoms with Gasteiger partial charge in [0.05, 0.1) is 0 Å². The van der Waals surface area contributed by atoms with Gasteiger partial charge in [0.15, 0.2) is 0 Å². The van der Waals surface area contributed by atoms with Crippen LogP contribution in [0.1, 0.15) is 11.1 Å². The molecule has 110 valence electrons. The highest BCUT2D eigenvalue weighted by atomic mass is 16.6. The van der Waals surface area contributed by atoms with Gasteiger partial charge in [-0.25, -0.2) is 4.79 Å². The SMILES string of the molecule is Cc1cccc(NC(=O)OCCOc2ccccc2C)c1. The second-order valence-electron chi connectivity index (χ2n) is 4.74. The predicted molar refractivity (Wildman–Crippen MR) is 82.8 cm³/mol. The number of rotatable bonds is 5. The maximum absolute atomic E-state index is 11.6. The van der Waals surface area contributed by atoms with E-state index in [-0.39, 0.29) is 6.61 Å². The van der Waals surface area contributed by atoms with Crippen molar-refractivity contribution in [1.29, 1.82) is 0 Å². The number of anilines is 1. The van der Waals surface area contributed by atoms with Gasteiger partial charge in [-0.3, -0.25) is 5.32 Å². The molecule has 0 aromatic heterocycles. The maximum atomic E-state index is 11.6. The van der Waals surface area contributed by atoms with Gasteiger partial charge >= 0.3 is 6.09 Å². The third-order valence-corrected chi connectivity index (χ3v) is 2.93. The summed E-state index contributed by atoms with van der Waals surface area (Å²) in [5, 5.41) is 2.68. The minimum atomic E-state index is -0.478. The number of benzene rings is 2. The van der Waals surface area contributed by atoms with Crippen LogP contribution in [0.5, 0.6) is 5.75 Å². The topological polar surface area (TPSA) is 47.6 Å². The van der Waals surface area contributed by atoms with Gasteiger partial charge in [0.1, 0.15) is 19.0 Å². The van der Waals surface area contributed by atoms with Crippen molar-refractivity contribution in [3.05, 3.63) is 59.7 Å². The Morgan fingerprint density at radius 3 is 2.62 bits per heavy atom. The third kappa shape index (κ3) is 4.84. The molecule has 0 saturated carbocycles. The molecule has 0 atom stereocenters. The van der Waals surface area contributed by atoms with Crippen LogP contribution in [0.15, 0.2) is 48.5 Å². The van der Waals surface area contributed by atoms with E-state index in [0.717, 1.165) is 22.6 Å². The number of aryl methyl sites for hydroxylation is 2. The zero-order valence-corrected chi connectivity index (χ0v) is 12.3. The highest BCUT2D eigenvalue weighted by Gasteiger charge is 2.03. The van der Waals surface area contributed by atoms with Gasteiger partial charge in [0, 0.05) is 5.69 Å². The van der Waals surface area contributed by atoms with Crippen LogP contribution in [0.3, 0.4) is 0 Å². The number of hydrogen-bond acceptors (Lipinski definition) is 3. The van der Waals surface area contributed by atoms with E-state index in [0.29, 0.717) is 6.61 Å². The van der Waals surface area contributed by atoms with E-state index in [9.17, 15) is 4.79 Å². The van der Waals surface area contributed by atoms with Crippen molar-refractivity contribution in [2.75, 3.05) is 18.5 Å². The zero-order valence-electron chi connectivity index (χ0n) is 12.3. The molecule has 0 spiro atoms. The van der Waals surface area contributed by atoms with Crippen LogP contribution in [0.25, 0.3) is 0 Å². The Morgan fingerprint density at radius 1 is 1.05 bits per heavy atom. The van der Waals surface area contributed by atoms with Crippen LogP contribution in [0.4, 0.5) is 10.5 Å². The summed E-state index contributed by atoms with van der Waals surface area (Å²) in [6.45, 7) is 4.46. The Balaban J connectivity index is 1.71. The lowest BCUT2D eigenvalue weighted by Crippen LogP contribution is -2.17. The third-order valence-electron chi connectivity index (χ3n) is 2.93. The Morgan fingerprint density at radius 2 is 1.86 bits per heavy atom. The number of ether oxygens (including phenoxy) is 2. The minimum Gasteiger partial charge on any atom is -0.490 e. The molecule has 1 amide bonds. The fourth-order valence-electron chi connectivity index (χ4n) is 1.88. The number of para-hydroxylation sites is 1. The number of hydrogen-bond donors (Lipinski definition) is 1. The fourth-order valence-corrected chi connectivity index (χ4v) is 1.88. The molecule has 4 heteroatoms. The molecule has 0 fully saturated rings. The van der Waals surface area contributed by atoms with Crippen LogP contribution in [0, 0.1) is 13.8 Å². The van der Waals surface area contributed by atoms with Crippen LogP contribution >= 0.6 is 0 Å². The molecule has 1 N–H and O–H groups in total. The number of carbonyl (C=O) groups excluding carboxylic acids is 1. The van der Waals surface area contributed by atoms with Gasteiger partial charge in [0.2, 0.25) is 0 Å². The monoisotopic (exact) mass is 285 g/mol. The Bertz CT molecular complexity index is 610. The smallest absolute Gasteiger partial charge is 0.411 e. The molecule has 4 nitrogen and oxygen atoms in total. The molecule has 2 aromatic carbocycles. The van der Waals surface area contributed by atoms with Crippen molar-refractivity contribution in [3.8, 4) is 5.75 Å². The first-order valence-corrected chi connectivity index (χ1v) is 6.84. The first kappa shape index (κ1) is 14.9. The van der Waals surface area contributed by atoms with Gasteiger partial charge in [-0.1, -0.05) is 30.3 Å². The number of carbonyl (C=O) groups is 1. The summed E-state index contributed by atoms with van der Waals surface area (Å²) in [6, 6.07) is 15.3. The lowest BCUT2D eigenvalue weighted by molar-refractivity contribution is 0.137. The second kappa shape index (κ2) is 7.33. The highest BCUT2D eigenvalue weighted by Crippen LogP contribution is 2.15. The van der Waals surface area contributed by atoms with Crippen molar-refractivity contribution >= 4 is 11.8 Å². The second-order valence-corrected chi connectivity index (χ2v) is 4.74. The van der Waals surface area contributed by atoms with Crippen molar-refractivity contribution in [2.24, 2.45) is 0 Å². The van der Waals surface area contributed by atoms with Gasteiger partial charge in [0.25, 0.3) is 0 Å². The Labute approximate surface area is 124 Å². The van der Waals surface area contributed by atoms with E-state index in [1.54, 1.807) is 0 Å². The fraction of sp³-hybridized carbons (Fsp3) is 0.235. The molecule has 0 aliphatic carbocycles. The lowest BCUT2D eigenvalue weighted by atomic mass is 10.2. The summed E-state index contributed by atoms with van der Waals surface area (Å²) in [4.78, 5) is 11.6. The highest BCUT2D eigenvalue weighted by molar-refractivity contribution is 5.84. The molecule has 0 saturated heterocycles.